The third-order valence-corrected chi connectivity index (χ3v) is 3.65. The van der Waals surface area contributed by atoms with Gasteiger partial charge in [0.15, 0.2) is 5.78 Å². The second-order valence-corrected chi connectivity index (χ2v) is 6.16. The number of Topliss-reactive ketones (excluding diaryl/α,β-unsaturated/α-hetero) is 1. The van der Waals surface area contributed by atoms with Gasteiger partial charge in [-0.25, -0.2) is 0 Å². The van der Waals surface area contributed by atoms with Crippen LogP contribution in [-0.4, -0.2) is 24.3 Å². The fraction of sp³-hybridized carbons (Fsp3) is 0.444. The molecule has 0 aliphatic heterocycles. The number of hydrogen-bond donors (Lipinski definition) is 1. The van der Waals surface area contributed by atoms with Crippen LogP contribution >= 0.6 is 23.1 Å². The van der Waals surface area contributed by atoms with E-state index in [2.05, 4.69) is 6.58 Å². The summed E-state index contributed by atoms with van der Waals surface area (Å²) < 4.78 is 0. The summed E-state index contributed by atoms with van der Waals surface area (Å²) in [4.78, 5) is 23.5. The summed E-state index contributed by atoms with van der Waals surface area (Å²) >= 11 is 3.05. The molecule has 0 aliphatic rings. The topological polar surface area (TPSA) is 54.4 Å². The molecule has 0 saturated heterocycles. The molecule has 1 rings (SSSR count). The second-order valence-electron chi connectivity index (χ2n) is 3.84. The van der Waals surface area contributed by atoms with E-state index >= 15 is 0 Å². The van der Waals surface area contributed by atoms with Crippen LogP contribution in [0.4, 0.5) is 0 Å². The summed E-state index contributed by atoms with van der Waals surface area (Å²) in [6.45, 7) is 13.2. The van der Waals surface area contributed by atoms with Crippen molar-refractivity contribution in [1.82, 2.24) is 0 Å². The summed E-state index contributed by atoms with van der Waals surface area (Å²) in [5.74, 6) is 0.0893. The normalized spacial score (nSPS) is 9.09. The molecule has 0 amide bonds. The molecule has 1 N–H and O–H groups in total. The highest BCUT2D eigenvalue weighted by Crippen LogP contribution is 2.27. The maximum absolute atomic E-state index is 11.3. The van der Waals surface area contributed by atoms with Crippen molar-refractivity contribution in [3.63, 3.8) is 0 Å². The average Bonchev–Trinajstić information content (AvgIpc) is 3.05. The number of ketones is 1. The number of aliphatic hydroxyl groups is 1. The van der Waals surface area contributed by atoms with Gasteiger partial charge >= 0.3 is 0 Å². The zero-order valence-corrected chi connectivity index (χ0v) is 16.7. The number of hydrogen-bond acceptors (Lipinski definition) is 5. The third kappa shape index (κ3) is 18.8. The standard InChI is InChI=1S/C11H12OS2.C4H8O.C2H6.CH4O/c1-8(2)14-11(9(3)12)7-10-5-4-6-13-10;1-2-3-4-5;2*1-2/h4-7H,1H2,2-3H3;4H,2-3H2,1H3;1-2H3;2H,1H3/b11-7+;;;. The highest BCUT2D eigenvalue weighted by Gasteiger charge is 2.05. The minimum Gasteiger partial charge on any atom is -0.400 e. The van der Waals surface area contributed by atoms with E-state index in [1.54, 1.807) is 18.3 Å². The van der Waals surface area contributed by atoms with Crippen molar-refractivity contribution in [2.75, 3.05) is 7.11 Å². The van der Waals surface area contributed by atoms with Crippen molar-refractivity contribution in [2.24, 2.45) is 0 Å². The van der Waals surface area contributed by atoms with E-state index in [1.165, 1.54) is 11.8 Å². The lowest BCUT2D eigenvalue weighted by atomic mass is 10.3. The Labute approximate surface area is 149 Å². The van der Waals surface area contributed by atoms with Gasteiger partial charge in [-0.15, -0.1) is 11.3 Å². The first kappa shape index (κ1) is 26.7. The number of rotatable bonds is 6. The molecule has 5 heteroatoms. The molecule has 0 spiro atoms. The molecular formula is C18H30O3S2. The Morgan fingerprint density at radius 3 is 2.17 bits per heavy atom. The quantitative estimate of drug-likeness (QED) is 0.534. The molecule has 0 unspecified atom stereocenters. The first-order valence-electron chi connectivity index (χ1n) is 7.49. The van der Waals surface area contributed by atoms with Crippen LogP contribution in [0.25, 0.3) is 6.08 Å². The molecule has 0 atom stereocenters. The van der Waals surface area contributed by atoms with Gasteiger partial charge in [0.25, 0.3) is 0 Å². The van der Waals surface area contributed by atoms with Gasteiger partial charge < -0.3 is 9.90 Å². The maximum atomic E-state index is 11.3. The second kappa shape index (κ2) is 20.8. The van der Waals surface area contributed by atoms with Crippen LogP contribution in [0.3, 0.4) is 0 Å². The van der Waals surface area contributed by atoms with Crippen molar-refractivity contribution >= 4 is 41.2 Å². The fourth-order valence-electron chi connectivity index (χ4n) is 1.01. The number of aldehydes is 1. The zero-order chi connectivity index (χ0) is 18.7. The average molecular weight is 359 g/mol. The first-order chi connectivity index (χ1) is 11.0. The summed E-state index contributed by atoms with van der Waals surface area (Å²) in [7, 11) is 1.00. The lowest BCUT2D eigenvalue weighted by molar-refractivity contribution is -0.113. The fourth-order valence-corrected chi connectivity index (χ4v) is 2.45. The highest BCUT2D eigenvalue weighted by molar-refractivity contribution is 8.07. The molecule has 3 nitrogen and oxygen atoms in total. The number of unbranched alkanes of at least 4 members (excludes halogenated alkanes) is 1. The van der Waals surface area contributed by atoms with E-state index in [4.69, 9.17) is 5.11 Å². The first-order valence-corrected chi connectivity index (χ1v) is 9.18. The molecule has 1 aromatic rings. The van der Waals surface area contributed by atoms with Gasteiger partial charge in [0.05, 0.1) is 4.91 Å². The van der Waals surface area contributed by atoms with Gasteiger partial charge in [-0.05, 0) is 42.7 Å². The number of carbonyl (C=O) groups is 2. The number of allylic oxidation sites excluding steroid dienone is 2. The molecular weight excluding hydrogens is 328 g/mol. The van der Waals surface area contributed by atoms with Crippen LogP contribution in [0.15, 0.2) is 33.9 Å². The molecule has 0 aromatic carbocycles. The van der Waals surface area contributed by atoms with Gasteiger partial charge in [-0.1, -0.05) is 45.2 Å². The summed E-state index contributed by atoms with van der Waals surface area (Å²) in [5, 5.41) is 9.00. The monoisotopic (exact) mass is 358 g/mol. The highest BCUT2D eigenvalue weighted by atomic mass is 32.2. The Balaban J connectivity index is -0.000000375. The summed E-state index contributed by atoms with van der Waals surface area (Å²) in [5.41, 5.74) is 0. The lowest BCUT2D eigenvalue weighted by Crippen LogP contribution is -1.91. The molecule has 0 fully saturated rings. The smallest absolute Gasteiger partial charge is 0.166 e. The van der Waals surface area contributed by atoms with Gasteiger partial charge in [0.1, 0.15) is 6.29 Å². The Morgan fingerprint density at radius 1 is 1.35 bits per heavy atom. The van der Waals surface area contributed by atoms with E-state index in [0.29, 0.717) is 6.42 Å². The lowest BCUT2D eigenvalue weighted by Gasteiger charge is -2.01. The van der Waals surface area contributed by atoms with E-state index in [0.717, 1.165) is 34.5 Å². The number of thiophene rings is 1. The van der Waals surface area contributed by atoms with Gasteiger partial charge in [0.2, 0.25) is 0 Å². The largest absolute Gasteiger partial charge is 0.400 e. The Kier molecular flexibility index (Phi) is 24.2. The Hall–Kier alpha value is -1.17. The van der Waals surface area contributed by atoms with Crippen LogP contribution in [0.2, 0.25) is 0 Å². The van der Waals surface area contributed by atoms with E-state index < -0.39 is 0 Å². The van der Waals surface area contributed by atoms with Crippen molar-refractivity contribution in [2.45, 2.75) is 47.5 Å². The maximum Gasteiger partial charge on any atom is 0.166 e. The minimum atomic E-state index is 0.0893. The molecule has 0 aliphatic carbocycles. The van der Waals surface area contributed by atoms with E-state index in [1.807, 2.05) is 51.3 Å². The predicted molar refractivity (Wildman–Crippen MR) is 106 cm³/mol. The van der Waals surface area contributed by atoms with Crippen LogP contribution in [0.5, 0.6) is 0 Å². The summed E-state index contributed by atoms with van der Waals surface area (Å²) in [6.07, 6.45) is 4.52. The van der Waals surface area contributed by atoms with Gasteiger partial charge in [-0.2, -0.15) is 0 Å². The van der Waals surface area contributed by atoms with Crippen LogP contribution in [0, 0.1) is 0 Å². The number of aliphatic hydroxyl groups excluding tert-OH is 1. The molecule has 132 valence electrons. The van der Waals surface area contributed by atoms with Gasteiger partial charge in [0, 0.05) is 18.4 Å². The predicted octanol–water partition coefficient (Wildman–Crippen LogP) is 5.56. The molecule has 0 bridgehead atoms. The van der Waals surface area contributed by atoms with Crippen molar-refractivity contribution in [3.05, 3.63) is 38.8 Å². The van der Waals surface area contributed by atoms with E-state index in [-0.39, 0.29) is 5.78 Å². The van der Waals surface area contributed by atoms with Crippen LogP contribution in [0.1, 0.15) is 52.3 Å². The van der Waals surface area contributed by atoms with Crippen molar-refractivity contribution < 1.29 is 14.7 Å². The Morgan fingerprint density at radius 2 is 1.91 bits per heavy atom. The number of thioether (sulfide) groups is 1. The van der Waals surface area contributed by atoms with Gasteiger partial charge in [-0.3, -0.25) is 4.79 Å². The molecule has 0 radical (unpaired) electrons. The van der Waals surface area contributed by atoms with E-state index in [9.17, 15) is 9.59 Å². The van der Waals surface area contributed by atoms with Crippen LogP contribution < -0.4 is 0 Å². The summed E-state index contributed by atoms with van der Waals surface area (Å²) in [6, 6.07) is 3.96. The molecule has 1 heterocycles. The van der Waals surface area contributed by atoms with Crippen molar-refractivity contribution in [1.29, 1.82) is 0 Å². The molecule has 0 saturated carbocycles. The van der Waals surface area contributed by atoms with Crippen LogP contribution in [-0.2, 0) is 9.59 Å². The SMILES string of the molecule is C=C(C)S/C(=C/c1cccs1)C(C)=O.CC.CCCC=O.CO. The minimum absolute atomic E-state index is 0.0893. The Bertz CT molecular complexity index is 435. The molecule has 23 heavy (non-hydrogen) atoms. The third-order valence-electron chi connectivity index (χ3n) is 1.85. The number of carbonyl (C=O) groups excluding carboxylic acids is 2. The molecule has 1 aromatic heterocycles. The zero-order valence-electron chi connectivity index (χ0n) is 15.1. The van der Waals surface area contributed by atoms with Crippen molar-refractivity contribution in [3.8, 4) is 0 Å².